The van der Waals surface area contributed by atoms with Gasteiger partial charge in [0.05, 0.1) is 18.2 Å². The highest BCUT2D eigenvalue weighted by atomic mass is 16.3. The second-order valence-electron chi connectivity index (χ2n) is 4.18. The quantitative estimate of drug-likeness (QED) is 0.803. The zero-order chi connectivity index (χ0) is 11.4. The molecule has 1 heterocycles. The average Bonchev–Trinajstić information content (AvgIpc) is 2.58. The Morgan fingerprint density at radius 3 is 2.88 bits per heavy atom. The molecule has 0 bridgehead atoms. The van der Waals surface area contributed by atoms with E-state index in [2.05, 4.69) is 16.4 Å². The number of aromatic nitrogens is 3. The molecule has 5 nitrogen and oxygen atoms in total. The van der Waals surface area contributed by atoms with Crippen molar-refractivity contribution in [1.29, 1.82) is 5.26 Å². The molecule has 1 aromatic rings. The zero-order valence-corrected chi connectivity index (χ0v) is 9.26. The first-order valence-corrected chi connectivity index (χ1v) is 5.77. The van der Waals surface area contributed by atoms with Gasteiger partial charge >= 0.3 is 0 Å². The van der Waals surface area contributed by atoms with E-state index < -0.39 is 0 Å². The molecule has 0 unspecified atom stereocenters. The van der Waals surface area contributed by atoms with E-state index in [4.69, 9.17) is 10.4 Å². The standard InChI is InChI=1S/C11H16N4O/c12-6-5-10-11(9-3-1-4-9)15(14-13-10)7-2-8-16/h9,16H,1-5,7-8H2. The third-order valence-electron chi connectivity index (χ3n) is 3.11. The minimum atomic E-state index is 0.164. The summed E-state index contributed by atoms with van der Waals surface area (Å²) < 4.78 is 1.87. The maximum atomic E-state index is 8.82. The predicted octanol–water partition coefficient (Wildman–Crippen LogP) is 0.994. The zero-order valence-electron chi connectivity index (χ0n) is 9.26. The molecule has 0 radical (unpaired) electrons. The highest BCUT2D eigenvalue weighted by Gasteiger charge is 2.27. The predicted molar refractivity (Wildman–Crippen MR) is 57.6 cm³/mol. The Kier molecular flexibility index (Phi) is 3.52. The lowest BCUT2D eigenvalue weighted by Crippen LogP contribution is -2.17. The van der Waals surface area contributed by atoms with Gasteiger partial charge in [-0.3, -0.25) is 0 Å². The fourth-order valence-corrected chi connectivity index (χ4v) is 2.07. The minimum absolute atomic E-state index is 0.164. The highest BCUT2D eigenvalue weighted by Crippen LogP contribution is 2.37. The van der Waals surface area contributed by atoms with Crippen molar-refractivity contribution in [3.63, 3.8) is 0 Å². The van der Waals surface area contributed by atoms with Crippen LogP contribution >= 0.6 is 0 Å². The Hall–Kier alpha value is -1.41. The molecule has 1 aromatic heterocycles. The first-order valence-electron chi connectivity index (χ1n) is 5.77. The van der Waals surface area contributed by atoms with Crippen LogP contribution in [-0.2, 0) is 13.0 Å². The average molecular weight is 220 g/mol. The van der Waals surface area contributed by atoms with Crippen molar-refractivity contribution in [3.05, 3.63) is 11.4 Å². The van der Waals surface area contributed by atoms with E-state index in [1.54, 1.807) is 0 Å². The van der Waals surface area contributed by atoms with Crippen molar-refractivity contribution in [3.8, 4) is 6.07 Å². The summed E-state index contributed by atoms with van der Waals surface area (Å²) in [5.41, 5.74) is 1.95. The fraction of sp³-hybridized carbons (Fsp3) is 0.727. The van der Waals surface area contributed by atoms with Crippen molar-refractivity contribution in [2.24, 2.45) is 0 Å². The number of aliphatic hydroxyl groups is 1. The molecule has 1 fully saturated rings. The second kappa shape index (κ2) is 5.08. The van der Waals surface area contributed by atoms with Gasteiger partial charge in [-0.2, -0.15) is 5.26 Å². The molecular formula is C11H16N4O. The summed E-state index contributed by atoms with van der Waals surface area (Å²) in [5, 5.41) is 25.7. The van der Waals surface area contributed by atoms with E-state index in [1.807, 2.05) is 4.68 Å². The van der Waals surface area contributed by atoms with Crippen LogP contribution in [-0.4, -0.2) is 26.7 Å². The van der Waals surface area contributed by atoms with Crippen LogP contribution in [0.15, 0.2) is 0 Å². The van der Waals surface area contributed by atoms with Crippen LogP contribution in [0.25, 0.3) is 0 Å². The van der Waals surface area contributed by atoms with Crippen LogP contribution in [0.4, 0.5) is 0 Å². The van der Waals surface area contributed by atoms with Crippen molar-refractivity contribution in [2.75, 3.05) is 6.61 Å². The van der Waals surface area contributed by atoms with Gasteiger partial charge in [-0.05, 0) is 19.3 Å². The van der Waals surface area contributed by atoms with Gasteiger partial charge in [-0.25, -0.2) is 4.68 Å². The SMILES string of the molecule is N#CCc1nnn(CCCO)c1C1CCC1. The van der Waals surface area contributed by atoms with Crippen LogP contribution < -0.4 is 0 Å². The summed E-state index contributed by atoms with van der Waals surface area (Å²) in [6.07, 6.45) is 4.62. The van der Waals surface area contributed by atoms with Gasteiger partial charge in [0, 0.05) is 19.1 Å². The van der Waals surface area contributed by atoms with Crippen LogP contribution in [0, 0.1) is 11.3 Å². The van der Waals surface area contributed by atoms with Crippen LogP contribution in [0.3, 0.4) is 0 Å². The number of hydrogen-bond acceptors (Lipinski definition) is 4. The van der Waals surface area contributed by atoms with Crippen molar-refractivity contribution in [1.82, 2.24) is 15.0 Å². The molecule has 0 amide bonds. The number of aryl methyl sites for hydroxylation is 1. The Bertz CT molecular complexity index is 389. The van der Waals surface area contributed by atoms with Crippen molar-refractivity contribution in [2.45, 2.75) is 44.6 Å². The minimum Gasteiger partial charge on any atom is -0.396 e. The monoisotopic (exact) mass is 220 g/mol. The topological polar surface area (TPSA) is 74.7 Å². The van der Waals surface area contributed by atoms with Crippen LogP contribution in [0.5, 0.6) is 0 Å². The fourth-order valence-electron chi connectivity index (χ4n) is 2.07. The summed E-state index contributed by atoms with van der Waals surface area (Å²) >= 11 is 0. The van der Waals surface area contributed by atoms with Gasteiger partial charge in [0.1, 0.15) is 5.69 Å². The van der Waals surface area contributed by atoms with E-state index in [9.17, 15) is 0 Å². The van der Waals surface area contributed by atoms with E-state index in [-0.39, 0.29) is 6.61 Å². The molecule has 0 saturated heterocycles. The smallest absolute Gasteiger partial charge is 0.100 e. The summed E-state index contributed by atoms with van der Waals surface area (Å²) in [5.74, 6) is 0.525. The molecule has 1 saturated carbocycles. The Morgan fingerprint density at radius 2 is 2.31 bits per heavy atom. The first kappa shape index (κ1) is 11.1. The van der Waals surface area contributed by atoms with Crippen molar-refractivity contribution >= 4 is 0 Å². The molecule has 0 aromatic carbocycles. The maximum absolute atomic E-state index is 8.82. The van der Waals surface area contributed by atoms with Gasteiger partial charge in [0.2, 0.25) is 0 Å². The molecule has 16 heavy (non-hydrogen) atoms. The molecule has 0 spiro atoms. The normalized spacial score (nSPS) is 15.8. The lowest BCUT2D eigenvalue weighted by Gasteiger charge is -2.26. The van der Waals surface area contributed by atoms with Gasteiger partial charge in [0.15, 0.2) is 0 Å². The van der Waals surface area contributed by atoms with E-state index >= 15 is 0 Å². The van der Waals surface area contributed by atoms with Crippen LogP contribution in [0.2, 0.25) is 0 Å². The molecule has 86 valence electrons. The third-order valence-corrected chi connectivity index (χ3v) is 3.11. The molecule has 1 aliphatic carbocycles. The number of hydrogen-bond donors (Lipinski definition) is 1. The van der Waals surface area contributed by atoms with Crippen molar-refractivity contribution < 1.29 is 5.11 Å². The van der Waals surface area contributed by atoms with Gasteiger partial charge in [0.25, 0.3) is 0 Å². The lowest BCUT2D eigenvalue weighted by atomic mass is 9.81. The summed E-state index contributed by atoms with van der Waals surface area (Å²) in [7, 11) is 0. The summed E-state index contributed by atoms with van der Waals surface area (Å²) in [4.78, 5) is 0. The maximum Gasteiger partial charge on any atom is 0.100 e. The Balaban J connectivity index is 2.19. The van der Waals surface area contributed by atoms with E-state index in [0.29, 0.717) is 25.3 Å². The Labute approximate surface area is 94.7 Å². The molecule has 0 atom stereocenters. The molecule has 2 rings (SSSR count). The molecule has 1 N–H and O–H groups in total. The van der Waals surface area contributed by atoms with Gasteiger partial charge < -0.3 is 5.11 Å². The van der Waals surface area contributed by atoms with Gasteiger partial charge in [-0.15, -0.1) is 5.10 Å². The number of nitriles is 1. The molecule has 0 aliphatic heterocycles. The summed E-state index contributed by atoms with van der Waals surface area (Å²) in [6, 6.07) is 2.13. The third kappa shape index (κ3) is 2.07. The van der Waals surface area contributed by atoms with E-state index in [1.165, 1.54) is 19.3 Å². The number of nitrogens with zero attached hydrogens (tertiary/aromatic N) is 4. The molecule has 5 heteroatoms. The molecule has 1 aliphatic rings. The first-order chi connectivity index (χ1) is 7.86. The highest BCUT2D eigenvalue weighted by molar-refractivity contribution is 5.20. The lowest BCUT2D eigenvalue weighted by molar-refractivity contribution is 0.272. The van der Waals surface area contributed by atoms with Crippen LogP contribution in [0.1, 0.15) is 43.0 Å². The number of rotatable bonds is 5. The Morgan fingerprint density at radius 1 is 1.50 bits per heavy atom. The second-order valence-corrected chi connectivity index (χ2v) is 4.18. The molecular weight excluding hydrogens is 204 g/mol. The number of aliphatic hydroxyl groups excluding tert-OH is 1. The summed E-state index contributed by atoms with van der Waals surface area (Å²) in [6.45, 7) is 0.859. The van der Waals surface area contributed by atoms with E-state index in [0.717, 1.165) is 11.4 Å². The van der Waals surface area contributed by atoms with Gasteiger partial charge in [-0.1, -0.05) is 11.6 Å². The largest absolute Gasteiger partial charge is 0.396 e.